The molecule has 5 aromatic rings. The molecule has 0 aliphatic carbocycles. The largest absolute Gasteiger partial charge is 0.465 e. The molecule has 1 aliphatic rings. The fraction of sp³-hybridized carbons (Fsp3) is 0.306. The van der Waals surface area contributed by atoms with Crippen LogP contribution in [0.2, 0.25) is 0 Å². The van der Waals surface area contributed by atoms with Gasteiger partial charge < -0.3 is 14.4 Å². The van der Waals surface area contributed by atoms with E-state index in [4.69, 9.17) is 9.47 Å². The van der Waals surface area contributed by atoms with E-state index >= 15 is 4.39 Å². The van der Waals surface area contributed by atoms with Gasteiger partial charge in [0.05, 0.1) is 29.5 Å². The number of aryl methyl sites for hydroxylation is 1. The number of aromatic nitrogens is 3. The minimum Gasteiger partial charge on any atom is -0.465 e. The number of alkyl halides is 1. The molecule has 8 nitrogen and oxygen atoms in total. The molecule has 3 heterocycles. The Hall–Kier alpha value is -4.92. The van der Waals surface area contributed by atoms with Crippen molar-refractivity contribution in [2.75, 3.05) is 13.1 Å². The van der Waals surface area contributed by atoms with Crippen molar-refractivity contribution in [1.29, 1.82) is 0 Å². The molecule has 0 N–H and O–H groups in total. The average molecular weight is 609 g/mol. The van der Waals surface area contributed by atoms with Crippen molar-refractivity contribution in [2.45, 2.75) is 51.0 Å². The number of hydrogen-bond acceptors (Lipinski definition) is 5. The molecule has 1 saturated heterocycles. The molecule has 232 valence electrons. The molecular weight excluding hydrogens is 571 g/mol. The van der Waals surface area contributed by atoms with Crippen LogP contribution >= 0.6 is 0 Å². The summed E-state index contributed by atoms with van der Waals surface area (Å²) in [5, 5.41) is 0. The topological polar surface area (TPSA) is 78.6 Å². The van der Waals surface area contributed by atoms with Gasteiger partial charge >= 0.3 is 11.8 Å². The van der Waals surface area contributed by atoms with E-state index in [1.807, 2.05) is 84.9 Å². The van der Waals surface area contributed by atoms with Gasteiger partial charge in [-0.05, 0) is 62.1 Å². The molecule has 0 spiro atoms. The first-order valence-corrected chi connectivity index (χ1v) is 15.2. The Kier molecular flexibility index (Phi) is 8.18. The number of imidazole rings is 1. The highest BCUT2D eigenvalue weighted by Crippen LogP contribution is 2.33. The second kappa shape index (κ2) is 12.2. The van der Waals surface area contributed by atoms with Crippen LogP contribution in [0.4, 0.5) is 9.18 Å². The molecule has 2 aromatic heterocycles. The third-order valence-corrected chi connectivity index (χ3v) is 8.12. The van der Waals surface area contributed by atoms with Gasteiger partial charge in [-0.25, -0.2) is 19.0 Å². The van der Waals surface area contributed by atoms with Gasteiger partial charge in [-0.3, -0.25) is 9.13 Å². The fourth-order valence-electron chi connectivity index (χ4n) is 5.89. The Balaban J connectivity index is 1.23. The predicted molar refractivity (Wildman–Crippen MR) is 172 cm³/mol. The summed E-state index contributed by atoms with van der Waals surface area (Å²) in [5.74, 6) is 0.0329. The van der Waals surface area contributed by atoms with Gasteiger partial charge in [0.25, 0.3) is 0 Å². The number of fused-ring (bicyclic) bond motifs is 1. The van der Waals surface area contributed by atoms with Gasteiger partial charge in [-0.1, -0.05) is 66.7 Å². The van der Waals surface area contributed by atoms with Gasteiger partial charge in [-0.15, -0.1) is 0 Å². The zero-order valence-electron chi connectivity index (χ0n) is 25.9. The highest BCUT2D eigenvalue weighted by Gasteiger charge is 2.35. The lowest BCUT2D eigenvalue weighted by atomic mass is 9.88. The number of halogens is 1. The lowest BCUT2D eigenvalue weighted by Gasteiger charge is -2.35. The monoisotopic (exact) mass is 608 g/mol. The highest BCUT2D eigenvalue weighted by atomic mass is 19.1. The van der Waals surface area contributed by atoms with Crippen LogP contribution < -0.4 is 10.4 Å². The minimum absolute atomic E-state index is 0.0347. The van der Waals surface area contributed by atoms with Crippen LogP contribution in [-0.4, -0.2) is 50.0 Å². The first kappa shape index (κ1) is 30.1. The number of likely N-dealkylation sites (tertiary alicyclic amines) is 1. The Morgan fingerprint density at radius 2 is 1.60 bits per heavy atom. The van der Waals surface area contributed by atoms with E-state index in [2.05, 4.69) is 4.98 Å². The molecule has 0 saturated carbocycles. The zero-order valence-corrected chi connectivity index (χ0v) is 25.9. The third kappa shape index (κ3) is 6.34. The maximum absolute atomic E-state index is 15.4. The first-order valence-electron chi connectivity index (χ1n) is 15.2. The lowest BCUT2D eigenvalue weighted by Crippen LogP contribution is -2.46. The van der Waals surface area contributed by atoms with Crippen LogP contribution in [-0.2, 0) is 11.8 Å². The van der Waals surface area contributed by atoms with Crippen molar-refractivity contribution in [1.82, 2.24) is 19.0 Å². The van der Waals surface area contributed by atoms with Crippen molar-refractivity contribution in [3.05, 3.63) is 124 Å². The average Bonchev–Trinajstić information content (AvgIpc) is 3.28. The SMILES string of the molecule is Cn1c(=O)n(-c2ccc(OC(c3ccccc3)c3ccccc3)nc2)c2ccc(C3CCN(C(=O)OC(C)(C)C)CC3F)cc21. The number of benzene rings is 3. The summed E-state index contributed by atoms with van der Waals surface area (Å²) in [4.78, 5) is 31.9. The number of ether oxygens (including phenoxy) is 2. The molecule has 0 radical (unpaired) electrons. The predicted octanol–water partition coefficient (Wildman–Crippen LogP) is 6.96. The molecular formula is C36H37FN4O4. The molecule has 1 fully saturated rings. The van der Waals surface area contributed by atoms with Gasteiger partial charge in [0.1, 0.15) is 11.8 Å². The molecule has 6 rings (SSSR count). The molecule has 0 bridgehead atoms. The maximum Gasteiger partial charge on any atom is 0.410 e. The number of carbonyl (C=O) groups excluding carboxylic acids is 1. The quantitative estimate of drug-likeness (QED) is 0.208. The van der Waals surface area contributed by atoms with Crippen LogP contribution in [0, 0.1) is 0 Å². The zero-order chi connectivity index (χ0) is 31.7. The molecule has 3 aromatic carbocycles. The minimum atomic E-state index is -1.25. The Bertz CT molecular complexity index is 1810. The molecule has 1 aliphatic heterocycles. The summed E-state index contributed by atoms with van der Waals surface area (Å²) in [7, 11) is 1.71. The number of amides is 1. The van der Waals surface area contributed by atoms with Crippen molar-refractivity contribution >= 4 is 17.1 Å². The number of piperidine rings is 1. The van der Waals surface area contributed by atoms with Crippen LogP contribution in [0.15, 0.2) is 102 Å². The summed E-state index contributed by atoms with van der Waals surface area (Å²) in [6.07, 6.45) is -0.0193. The summed E-state index contributed by atoms with van der Waals surface area (Å²) in [6.45, 7) is 5.74. The molecule has 2 atom stereocenters. The second-order valence-corrected chi connectivity index (χ2v) is 12.4. The number of carbonyl (C=O) groups is 1. The summed E-state index contributed by atoms with van der Waals surface area (Å²) in [6, 6.07) is 29.1. The van der Waals surface area contributed by atoms with Crippen molar-refractivity contribution in [2.24, 2.45) is 7.05 Å². The van der Waals surface area contributed by atoms with E-state index in [0.717, 1.165) is 16.7 Å². The van der Waals surface area contributed by atoms with Crippen LogP contribution in [0.25, 0.3) is 16.7 Å². The van der Waals surface area contributed by atoms with E-state index in [0.29, 0.717) is 35.6 Å². The van der Waals surface area contributed by atoms with E-state index in [9.17, 15) is 9.59 Å². The van der Waals surface area contributed by atoms with E-state index < -0.39 is 23.8 Å². The molecule has 1 amide bonds. The van der Waals surface area contributed by atoms with Crippen molar-refractivity contribution in [3.8, 4) is 11.6 Å². The van der Waals surface area contributed by atoms with Crippen molar-refractivity contribution in [3.63, 3.8) is 0 Å². The molecule has 9 heteroatoms. The number of pyridine rings is 1. The third-order valence-electron chi connectivity index (χ3n) is 8.12. The fourth-order valence-corrected chi connectivity index (χ4v) is 5.89. The lowest BCUT2D eigenvalue weighted by molar-refractivity contribution is 0.0111. The molecule has 2 unspecified atom stereocenters. The Morgan fingerprint density at radius 1 is 0.933 bits per heavy atom. The second-order valence-electron chi connectivity index (χ2n) is 12.4. The van der Waals surface area contributed by atoms with Gasteiger partial charge in [0.2, 0.25) is 5.88 Å². The Morgan fingerprint density at radius 3 is 2.18 bits per heavy atom. The van der Waals surface area contributed by atoms with E-state index in [-0.39, 0.29) is 18.3 Å². The smallest absolute Gasteiger partial charge is 0.410 e. The van der Waals surface area contributed by atoms with Crippen LogP contribution in [0.1, 0.15) is 55.9 Å². The standard InChI is InChI=1S/C36H37FN4O4/c1-36(2,3)45-35(43)40-20-19-28(29(37)23-40)26-15-17-30-31(21-26)39(4)34(42)41(30)27-16-18-32(38-22-27)44-33(24-11-7-5-8-12-24)25-13-9-6-10-14-25/h5-18,21-22,28-29,33H,19-20,23H2,1-4H3. The van der Waals surface area contributed by atoms with E-state index in [1.165, 1.54) is 4.90 Å². The van der Waals surface area contributed by atoms with Gasteiger partial charge in [-0.2, -0.15) is 0 Å². The van der Waals surface area contributed by atoms with Gasteiger partial charge in [0.15, 0.2) is 6.10 Å². The number of nitrogens with zero attached hydrogens (tertiary/aromatic N) is 4. The van der Waals surface area contributed by atoms with Crippen molar-refractivity contribution < 1.29 is 18.7 Å². The van der Waals surface area contributed by atoms with E-state index in [1.54, 1.807) is 49.2 Å². The van der Waals surface area contributed by atoms with Gasteiger partial charge in [0, 0.05) is 25.6 Å². The summed E-state index contributed by atoms with van der Waals surface area (Å²) >= 11 is 0. The first-order chi connectivity index (χ1) is 21.6. The number of hydrogen-bond donors (Lipinski definition) is 0. The number of rotatable bonds is 6. The summed E-state index contributed by atoms with van der Waals surface area (Å²) in [5.41, 5.74) is 3.89. The summed E-state index contributed by atoms with van der Waals surface area (Å²) < 4.78 is 30.4. The Labute approximate surface area is 261 Å². The maximum atomic E-state index is 15.4. The van der Waals surface area contributed by atoms with Crippen LogP contribution in [0.3, 0.4) is 0 Å². The van der Waals surface area contributed by atoms with Crippen LogP contribution in [0.5, 0.6) is 5.88 Å². The highest BCUT2D eigenvalue weighted by molar-refractivity contribution is 5.79. The normalized spacial score (nSPS) is 17.1. The molecule has 45 heavy (non-hydrogen) atoms.